The summed E-state index contributed by atoms with van der Waals surface area (Å²) < 4.78 is 32.8. The molecule has 30 aromatic rings. The number of nitrogens with zero attached hydrogens (tertiary/aromatic N) is 12. The molecule has 15 heteroatoms. The van der Waals surface area contributed by atoms with Gasteiger partial charge in [0.2, 0.25) is 17.8 Å². The minimum absolute atomic E-state index is 0.633. The van der Waals surface area contributed by atoms with Crippen LogP contribution in [-0.4, -0.2) is 57.3 Å². The second kappa shape index (κ2) is 30.4. The van der Waals surface area contributed by atoms with Gasteiger partial charge >= 0.3 is 0 Å². The summed E-state index contributed by atoms with van der Waals surface area (Å²) in [6, 6.07) is 158. The number of rotatable bonds is 7. The van der Waals surface area contributed by atoms with E-state index in [2.05, 4.69) is 379 Å². The van der Waals surface area contributed by atoms with Crippen LogP contribution in [0.2, 0.25) is 0 Å². The molecule has 664 valence electrons. The van der Waals surface area contributed by atoms with Crippen LogP contribution in [0.4, 0.5) is 0 Å². The summed E-state index contributed by atoms with van der Waals surface area (Å²) in [6.07, 6.45) is 0. The molecule has 0 amide bonds. The third-order valence-corrected chi connectivity index (χ3v) is 29.3. The highest BCUT2D eigenvalue weighted by Gasteiger charge is 2.33. The van der Waals surface area contributed by atoms with Gasteiger partial charge in [-0.3, -0.25) is 13.7 Å². The van der Waals surface area contributed by atoms with Crippen LogP contribution in [0.5, 0.6) is 34.5 Å². The average molecular weight is 1830 g/mol. The number of aromatic nitrogens is 12. The first-order chi connectivity index (χ1) is 71.0. The fourth-order valence-electron chi connectivity index (χ4n) is 23.3. The largest absolute Gasteiger partial charge is 0.456 e. The van der Waals surface area contributed by atoms with Gasteiger partial charge in [0.15, 0.2) is 0 Å². The number of para-hydroxylation sites is 11. The fourth-order valence-corrected chi connectivity index (χ4v) is 23.3. The standard InChI is InChI=1S/C48H28N4O.C42H24N4O.C38H22N4O/c1-2-11-30-26-33(23-20-29(30)10-1)51-40-16-6-3-12-34(40)37-27-31(21-24-42(37)51)32-22-25-43-38(28-32)35-13-4-7-17-41(35)52(43)48-49-39-15-9-19-45-46(39)47(50-48)36-14-5-8-18-44(36)53-45;1-2-13-25(14-3-1)45-32-21-9-6-17-28(32)36-26-15-4-5-16-27(26)37-29-18-7-10-22-33(29)46(41(37)40(36)45)42-43-31-20-12-24-35-38(31)39(44-42)30-19-8-11-23-34(30)47-35;1-2-11-23(12-3-1)41-30-17-7-4-13-24(30)26-21-22-27-25-14-5-8-18-31(25)42(37(27)36(26)41)38-39-29-16-10-20-33-34(29)35(40-38)28-15-6-9-19-32(28)43-33/h1-28H;1-24H;1-22H. The molecule has 33 rings (SSSR count). The van der Waals surface area contributed by atoms with Crippen molar-refractivity contribution in [3.63, 3.8) is 0 Å². The number of hydrogen-bond acceptors (Lipinski definition) is 9. The van der Waals surface area contributed by atoms with Crippen molar-refractivity contribution in [1.82, 2.24) is 57.3 Å². The van der Waals surface area contributed by atoms with Gasteiger partial charge in [0.1, 0.15) is 34.5 Å². The summed E-state index contributed by atoms with van der Waals surface area (Å²) >= 11 is 0. The predicted molar refractivity (Wildman–Crippen MR) is 582 cm³/mol. The van der Waals surface area contributed by atoms with Crippen LogP contribution in [0, 0.1) is 0 Å². The Morgan fingerprint density at radius 2 is 0.476 bits per heavy atom. The van der Waals surface area contributed by atoms with Crippen molar-refractivity contribution in [2.45, 2.75) is 0 Å². The molecule has 143 heavy (non-hydrogen) atoms. The summed E-state index contributed by atoms with van der Waals surface area (Å²) in [5, 5.41) is 22.1. The SMILES string of the molecule is c1ccc(-n2c3ccccc3c3c4ccccc4c4c5ccccc5n(-c5nc6c7c(cccc7n5)Oc5ccccc5-6)c4c32)cc1.c1ccc(-n2c3ccccc3c3ccc4c5ccccc5n(-c5nc6c7c(cccc7n5)Oc5ccccc5-6)c4c32)cc1.c1ccc2c(c1)Oc1cccc3nc(-n4c5ccccc5c5cc(-c6ccc7c(c6)c6ccccc6n7-c6ccc7ccccc7c6)ccc54)nc-2c13. The maximum atomic E-state index is 6.33. The molecule has 0 radical (unpaired) electrons. The van der Waals surface area contributed by atoms with Crippen LogP contribution in [0.3, 0.4) is 0 Å². The van der Waals surface area contributed by atoms with Crippen LogP contribution >= 0.6 is 0 Å². The first-order valence-electron chi connectivity index (χ1n) is 48.2. The van der Waals surface area contributed by atoms with E-state index in [-0.39, 0.29) is 0 Å². The lowest BCUT2D eigenvalue weighted by molar-refractivity contribution is 0.486. The average Bonchev–Trinajstić information content (AvgIpc) is 1.52. The van der Waals surface area contributed by atoms with Gasteiger partial charge in [-0.25, -0.2) is 29.9 Å². The molecule has 9 aromatic heterocycles. The van der Waals surface area contributed by atoms with E-state index >= 15 is 0 Å². The van der Waals surface area contributed by atoms with E-state index in [1.807, 2.05) is 97.1 Å². The Morgan fingerprint density at radius 3 is 0.944 bits per heavy atom. The van der Waals surface area contributed by atoms with Crippen molar-refractivity contribution >= 4 is 185 Å². The molecular weight excluding hydrogens is 1750 g/mol. The number of benzene rings is 21. The molecule has 0 saturated heterocycles. The molecule has 21 aromatic carbocycles. The zero-order chi connectivity index (χ0) is 93.3. The van der Waals surface area contributed by atoms with E-state index in [9.17, 15) is 0 Å². The van der Waals surface area contributed by atoms with Crippen molar-refractivity contribution in [2.75, 3.05) is 0 Å². The number of ether oxygens (including phenoxy) is 3. The highest BCUT2D eigenvalue weighted by atomic mass is 16.5. The first kappa shape index (κ1) is 78.5. The zero-order valence-corrected chi connectivity index (χ0v) is 76.3. The van der Waals surface area contributed by atoms with E-state index in [0.29, 0.717) is 17.8 Å². The van der Waals surface area contributed by atoms with Gasteiger partial charge in [-0.05, 0) is 203 Å². The summed E-state index contributed by atoms with van der Waals surface area (Å²) in [6.45, 7) is 0. The molecule has 15 nitrogen and oxygen atoms in total. The zero-order valence-electron chi connectivity index (χ0n) is 76.3. The van der Waals surface area contributed by atoms with Gasteiger partial charge in [0.25, 0.3) is 0 Å². The van der Waals surface area contributed by atoms with Gasteiger partial charge in [-0.15, -0.1) is 0 Å². The van der Waals surface area contributed by atoms with Crippen molar-refractivity contribution in [2.24, 2.45) is 0 Å². The molecule has 0 N–H and O–H groups in total. The van der Waals surface area contributed by atoms with Crippen LogP contribution in [-0.2, 0) is 0 Å². The summed E-state index contributed by atoms with van der Waals surface area (Å²) in [4.78, 5) is 31.7. The lowest BCUT2D eigenvalue weighted by Crippen LogP contribution is -2.07. The van der Waals surface area contributed by atoms with Crippen LogP contribution in [0.15, 0.2) is 449 Å². The molecule has 0 fully saturated rings. The Hall–Kier alpha value is -19.6. The fraction of sp³-hybridized carbons (Fsp3) is 0. The molecule has 0 unspecified atom stereocenters. The third-order valence-electron chi connectivity index (χ3n) is 29.3. The number of fused-ring (bicyclic) bond motifs is 30. The van der Waals surface area contributed by atoms with Gasteiger partial charge in [-0.1, -0.05) is 279 Å². The third kappa shape index (κ3) is 11.6. The summed E-state index contributed by atoms with van der Waals surface area (Å²) in [5.74, 6) is 6.68. The maximum Gasteiger partial charge on any atom is 0.235 e. The van der Waals surface area contributed by atoms with Crippen LogP contribution in [0.25, 0.3) is 265 Å². The highest BCUT2D eigenvalue weighted by Crippen LogP contribution is 2.54. The minimum atomic E-state index is 0.633. The second-order valence-corrected chi connectivity index (χ2v) is 37.0. The smallest absolute Gasteiger partial charge is 0.235 e. The first-order valence-corrected chi connectivity index (χ1v) is 48.2. The van der Waals surface area contributed by atoms with Crippen molar-refractivity contribution in [3.8, 4) is 114 Å². The molecule has 0 spiro atoms. The lowest BCUT2D eigenvalue weighted by atomic mass is 9.98. The summed E-state index contributed by atoms with van der Waals surface area (Å²) in [5.41, 5.74) is 27.3. The van der Waals surface area contributed by atoms with Crippen molar-refractivity contribution in [3.05, 3.63) is 449 Å². The Bertz CT molecular complexity index is 10800. The molecule has 3 aliphatic heterocycles. The lowest BCUT2D eigenvalue weighted by Gasteiger charge is -2.21. The normalized spacial score (nSPS) is 12.4. The number of hydrogen-bond donors (Lipinski definition) is 0. The molecule has 3 aliphatic rings. The Morgan fingerprint density at radius 1 is 0.161 bits per heavy atom. The molecule has 0 aliphatic carbocycles. The van der Waals surface area contributed by atoms with E-state index in [1.54, 1.807) is 0 Å². The Labute approximate surface area is 814 Å². The topological polar surface area (TPSA) is 135 Å². The van der Waals surface area contributed by atoms with Crippen LogP contribution < -0.4 is 14.2 Å². The quantitative estimate of drug-likeness (QED) is 0.153. The second-order valence-electron chi connectivity index (χ2n) is 37.0. The van der Waals surface area contributed by atoms with E-state index < -0.39 is 0 Å². The van der Waals surface area contributed by atoms with Crippen molar-refractivity contribution in [1.29, 1.82) is 0 Å². The van der Waals surface area contributed by atoms with Gasteiger partial charge in [-0.2, -0.15) is 0 Å². The summed E-state index contributed by atoms with van der Waals surface area (Å²) in [7, 11) is 0. The van der Waals surface area contributed by atoms with E-state index in [1.165, 1.54) is 92.1 Å². The molecular formula is C128H74N12O3. The maximum absolute atomic E-state index is 6.33. The van der Waals surface area contributed by atoms with Gasteiger partial charge in [0.05, 0.1) is 116 Å². The Balaban J connectivity index is 0.0000000987. The molecule has 12 heterocycles. The van der Waals surface area contributed by atoms with E-state index in [0.717, 1.165) is 189 Å². The highest BCUT2D eigenvalue weighted by molar-refractivity contribution is 6.37. The monoisotopic (exact) mass is 1830 g/mol. The minimum Gasteiger partial charge on any atom is -0.456 e. The molecule has 0 saturated carbocycles. The van der Waals surface area contributed by atoms with Crippen molar-refractivity contribution < 1.29 is 14.2 Å². The predicted octanol–water partition coefficient (Wildman–Crippen LogP) is 32.8. The Kier molecular flexibility index (Phi) is 16.7. The van der Waals surface area contributed by atoms with Gasteiger partial charge in [0, 0.05) is 98.4 Å². The molecule has 0 atom stereocenters. The molecule has 0 bridgehead atoms. The van der Waals surface area contributed by atoms with E-state index in [4.69, 9.17) is 44.1 Å². The van der Waals surface area contributed by atoms with Gasteiger partial charge < -0.3 is 27.9 Å². The van der Waals surface area contributed by atoms with Crippen LogP contribution in [0.1, 0.15) is 0 Å².